The minimum absolute atomic E-state index is 0.162. The summed E-state index contributed by atoms with van der Waals surface area (Å²) in [6, 6.07) is 6.57. The van der Waals surface area contributed by atoms with E-state index in [0.717, 1.165) is 18.7 Å². The highest BCUT2D eigenvalue weighted by Crippen LogP contribution is 2.13. The molecular formula is C15H21N3O. The number of nitrogens with zero attached hydrogens (tertiary/aromatic N) is 2. The fourth-order valence-electron chi connectivity index (χ4n) is 1.91. The smallest absolute Gasteiger partial charge is 0.226 e. The molecule has 0 amide bonds. The van der Waals surface area contributed by atoms with E-state index in [0.29, 0.717) is 12.3 Å². The van der Waals surface area contributed by atoms with Crippen LogP contribution in [0.1, 0.15) is 41.8 Å². The van der Waals surface area contributed by atoms with Crippen LogP contribution in [0.15, 0.2) is 22.7 Å². The third-order valence-corrected chi connectivity index (χ3v) is 3.26. The second-order valence-electron chi connectivity index (χ2n) is 5.22. The Morgan fingerprint density at radius 2 is 2.05 bits per heavy atom. The number of hydrogen-bond donors (Lipinski definition) is 1. The van der Waals surface area contributed by atoms with Gasteiger partial charge in [0.15, 0.2) is 5.82 Å². The Morgan fingerprint density at radius 1 is 1.26 bits per heavy atom. The lowest BCUT2D eigenvalue weighted by Crippen LogP contribution is -2.15. The van der Waals surface area contributed by atoms with Gasteiger partial charge < -0.3 is 10.3 Å². The van der Waals surface area contributed by atoms with Gasteiger partial charge >= 0.3 is 0 Å². The molecule has 0 aliphatic carbocycles. The molecule has 1 aromatic heterocycles. The van der Waals surface area contributed by atoms with E-state index < -0.39 is 0 Å². The predicted molar refractivity (Wildman–Crippen MR) is 75.0 cm³/mol. The third kappa shape index (κ3) is 3.89. The molecule has 1 atom stereocenters. The largest absolute Gasteiger partial charge is 0.339 e. The van der Waals surface area contributed by atoms with Crippen LogP contribution in [0.2, 0.25) is 0 Å². The molecule has 2 rings (SSSR count). The predicted octanol–water partition coefficient (Wildman–Crippen LogP) is 2.56. The molecule has 1 aromatic carbocycles. The Kier molecular flexibility index (Phi) is 4.32. The van der Waals surface area contributed by atoms with Crippen LogP contribution in [-0.4, -0.2) is 16.2 Å². The Labute approximate surface area is 114 Å². The summed E-state index contributed by atoms with van der Waals surface area (Å²) < 4.78 is 5.22. The molecule has 0 radical (unpaired) electrons. The van der Waals surface area contributed by atoms with Gasteiger partial charge in [-0.15, -0.1) is 0 Å². The zero-order valence-corrected chi connectivity index (χ0v) is 11.8. The zero-order chi connectivity index (χ0) is 13.8. The third-order valence-electron chi connectivity index (χ3n) is 3.26. The summed E-state index contributed by atoms with van der Waals surface area (Å²) in [6.45, 7) is 6.20. The van der Waals surface area contributed by atoms with Crippen LogP contribution in [0.3, 0.4) is 0 Å². The highest BCUT2D eigenvalue weighted by atomic mass is 16.5. The van der Waals surface area contributed by atoms with Gasteiger partial charge in [-0.25, -0.2) is 0 Å². The molecule has 1 heterocycles. The molecule has 2 aromatic rings. The molecule has 19 heavy (non-hydrogen) atoms. The van der Waals surface area contributed by atoms with Gasteiger partial charge in [-0.3, -0.25) is 0 Å². The monoisotopic (exact) mass is 259 g/mol. The highest BCUT2D eigenvalue weighted by Gasteiger charge is 2.08. The normalized spacial score (nSPS) is 12.6. The molecule has 0 aliphatic heterocycles. The lowest BCUT2D eigenvalue weighted by Gasteiger charge is -2.02. The van der Waals surface area contributed by atoms with E-state index in [4.69, 9.17) is 10.3 Å². The molecule has 102 valence electrons. The van der Waals surface area contributed by atoms with Crippen LogP contribution in [0.5, 0.6) is 0 Å². The minimum Gasteiger partial charge on any atom is -0.339 e. The van der Waals surface area contributed by atoms with Gasteiger partial charge in [0.25, 0.3) is 0 Å². The van der Waals surface area contributed by atoms with E-state index >= 15 is 0 Å². The summed E-state index contributed by atoms with van der Waals surface area (Å²) in [5, 5.41) is 4.01. The maximum Gasteiger partial charge on any atom is 0.226 e. The van der Waals surface area contributed by atoms with Gasteiger partial charge in [-0.1, -0.05) is 23.4 Å². The average Bonchev–Trinajstić information content (AvgIpc) is 2.79. The van der Waals surface area contributed by atoms with E-state index in [1.165, 1.54) is 16.7 Å². The average molecular weight is 259 g/mol. The molecule has 2 N–H and O–H groups in total. The molecule has 0 saturated heterocycles. The van der Waals surface area contributed by atoms with Crippen LogP contribution in [-0.2, 0) is 12.8 Å². The number of hydrogen-bond acceptors (Lipinski definition) is 4. The van der Waals surface area contributed by atoms with Crippen LogP contribution >= 0.6 is 0 Å². The fraction of sp³-hybridized carbons (Fsp3) is 0.467. The van der Waals surface area contributed by atoms with Gasteiger partial charge in [0.1, 0.15) is 0 Å². The van der Waals surface area contributed by atoms with Crippen molar-refractivity contribution < 1.29 is 4.52 Å². The van der Waals surface area contributed by atoms with Gasteiger partial charge in [-0.05, 0) is 43.9 Å². The molecule has 1 unspecified atom stereocenters. The van der Waals surface area contributed by atoms with Crippen molar-refractivity contribution in [1.82, 2.24) is 10.1 Å². The summed E-state index contributed by atoms with van der Waals surface area (Å²) in [6.07, 6.45) is 2.33. The Morgan fingerprint density at radius 3 is 2.74 bits per heavy atom. The highest BCUT2D eigenvalue weighted by molar-refractivity contribution is 5.31. The minimum atomic E-state index is 0.162. The van der Waals surface area contributed by atoms with E-state index in [-0.39, 0.29) is 6.04 Å². The topological polar surface area (TPSA) is 64.9 Å². The maximum atomic E-state index is 5.71. The summed E-state index contributed by atoms with van der Waals surface area (Å²) in [5.74, 6) is 1.42. The van der Waals surface area contributed by atoms with Crippen molar-refractivity contribution in [3.8, 4) is 0 Å². The van der Waals surface area contributed by atoms with E-state index in [1.54, 1.807) is 0 Å². The fourth-order valence-corrected chi connectivity index (χ4v) is 1.91. The molecule has 0 fully saturated rings. The molecular weight excluding hydrogens is 238 g/mol. The summed E-state index contributed by atoms with van der Waals surface area (Å²) >= 11 is 0. The lowest BCUT2D eigenvalue weighted by atomic mass is 10.0. The van der Waals surface area contributed by atoms with Gasteiger partial charge in [-0.2, -0.15) is 4.98 Å². The van der Waals surface area contributed by atoms with Crippen LogP contribution in [0.25, 0.3) is 0 Å². The number of benzene rings is 1. The number of aromatic nitrogens is 2. The Bertz CT molecular complexity index is 546. The van der Waals surface area contributed by atoms with Crippen molar-refractivity contribution in [2.24, 2.45) is 5.73 Å². The van der Waals surface area contributed by atoms with Crippen LogP contribution in [0, 0.1) is 13.8 Å². The van der Waals surface area contributed by atoms with Gasteiger partial charge in [0, 0.05) is 18.9 Å². The van der Waals surface area contributed by atoms with E-state index in [2.05, 4.69) is 42.2 Å². The van der Waals surface area contributed by atoms with Crippen molar-refractivity contribution in [2.45, 2.75) is 46.1 Å². The molecule has 0 bridgehead atoms. The van der Waals surface area contributed by atoms with Gasteiger partial charge in [0.2, 0.25) is 5.89 Å². The van der Waals surface area contributed by atoms with Gasteiger partial charge in [0.05, 0.1) is 0 Å². The van der Waals surface area contributed by atoms with Crippen molar-refractivity contribution in [2.75, 3.05) is 0 Å². The quantitative estimate of drug-likeness (QED) is 0.896. The summed E-state index contributed by atoms with van der Waals surface area (Å²) in [5.41, 5.74) is 9.51. The number of aryl methyl sites for hydroxylation is 3. The molecule has 0 aliphatic rings. The summed E-state index contributed by atoms with van der Waals surface area (Å²) in [7, 11) is 0. The maximum absolute atomic E-state index is 5.71. The van der Waals surface area contributed by atoms with E-state index in [9.17, 15) is 0 Å². The van der Waals surface area contributed by atoms with E-state index in [1.807, 2.05) is 6.92 Å². The standard InChI is InChI=1S/C15H21N3O/c1-10-4-6-13(8-11(10)2)9-14-17-15(19-18-14)7-5-12(3)16/h4,6,8,12H,5,7,9,16H2,1-3H3. The molecule has 4 nitrogen and oxygen atoms in total. The summed E-state index contributed by atoms with van der Waals surface area (Å²) in [4.78, 5) is 4.40. The number of rotatable bonds is 5. The van der Waals surface area contributed by atoms with Crippen molar-refractivity contribution in [3.63, 3.8) is 0 Å². The second-order valence-corrected chi connectivity index (χ2v) is 5.22. The SMILES string of the molecule is Cc1ccc(Cc2noc(CCC(C)N)n2)cc1C. The Hall–Kier alpha value is -1.68. The second kappa shape index (κ2) is 5.97. The first kappa shape index (κ1) is 13.7. The Balaban J connectivity index is 2.01. The van der Waals surface area contributed by atoms with Crippen LogP contribution < -0.4 is 5.73 Å². The first-order valence-corrected chi connectivity index (χ1v) is 6.68. The van der Waals surface area contributed by atoms with Crippen molar-refractivity contribution in [1.29, 1.82) is 0 Å². The molecule has 0 spiro atoms. The van der Waals surface area contributed by atoms with Crippen molar-refractivity contribution >= 4 is 0 Å². The number of nitrogens with two attached hydrogens (primary N) is 1. The molecule has 4 heteroatoms. The van der Waals surface area contributed by atoms with Crippen molar-refractivity contribution in [3.05, 3.63) is 46.6 Å². The molecule has 0 saturated carbocycles. The van der Waals surface area contributed by atoms with Crippen LogP contribution in [0.4, 0.5) is 0 Å². The first-order chi connectivity index (χ1) is 9.04. The first-order valence-electron chi connectivity index (χ1n) is 6.68. The lowest BCUT2D eigenvalue weighted by molar-refractivity contribution is 0.368. The zero-order valence-electron chi connectivity index (χ0n) is 11.8.